The predicted molar refractivity (Wildman–Crippen MR) is 144 cm³/mol. The Labute approximate surface area is 219 Å². The van der Waals surface area contributed by atoms with Gasteiger partial charge in [0.05, 0.1) is 40.0 Å². The van der Waals surface area contributed by atoms with Gasteiger partial charge in [-0.2, -0.15) is 0 Å². The minimum atomic E-state index is -0.683. The Morgan fingerprint density at radius 3 is 2.75 bits per heavy atom. The van der Waals surface area contributed by atoms with Crippen LogP contribution in [-0.2, 0) is 16.6 Å². The maximum absolute atomic E-state index is 13.8. The highest BCUT2D eigenvalue weighted by molar-refractivity contribution is 9.10. The molecule has 0 fully saturated rings. The van der Waals surface area contributed by atoms with E-state index >= 15 is 0 Å². The monoisotopic (exact) mass is 565 g/mol. The predicted octanol–water partition coefficient (Wildman–Crippen LogP) is 4.06. The van der Waals surface area contributed by atoms with Crippen LogP contribution in [0.5, 0.6) is 5.75 Å². The number of benzene rings is 2. The first-order valence-corrected chi connectivity index (χ1v) is 13.0. The number of nitrogens with zero attached hydrogens (tertiary/aromatic N) is 3. The number of halogens is 1. The summed E-state index contributed by atoms with van der Waals surface area (Å²) < 4.78 is 15.6. The van der Waals surface area contributed by atoms with Crippen LogP contribution < -0.4 is 19.6 Å². The number of hydrogen-bond acceptors (Lipinski definition) is 6. The Kier molecular flexibility index (Phi) is 6.44. The van der Waals surface area contributed by atoms with Gasteiger partial charge in [0.1, 0.15) is 5.75 Å². The number of aromatic nitrogens is 2. The van der Waals surface area contributed by atoms with Crippen LogP contribution >= 0.6 is 27.3 Å². The summed E-state index contributed by atoms with van der Waals surface area (Å²) in [6.45, 7) is 3.76. The van der Waals surface area contributed by atoms with Crippen LogP contribution in [0.3, 0.4) is 0 Å². The van der Waals surface area contributed by atoms with Crippen molar-refractivity contribution in [2.24, 2.45) is 12.0 Å². The molecule has 0 radical (unpaired) electrons. The largest absolute Gasteiger partial charge is 0.496 e. The molecule has 36 heavy (non-hydrogen) atoms. The van der Waals surface area contributed by atoms with Crippen LogP contribution in [0.2, 0.25) is 0 Å². The third kappa shape index (κ3) is 4.02. The number of fused-ring (bicyclic) bond motifs is 2. The zero-order valence-electron chi connectivity index (χ0n) is 20.2. The summed E-state index contributed by atoms with van der Waals surface area (Å²) in [5, 5.41) is 1.06. The van der Waals surface area contributed by atoms with Crippen LogP contribution in [0.25, 0.3) is 17.0 Å². The number of thiazole rings is 1. The Morgan fingerprint density at radius 2 is 2.03 bits per heavy atom. The van der Waals surface area contributed by atoms with Gasteiger partial charge >= 0.3 is 5.97 Å². The maximum atomic E-state index is 13.8. The number of aryl methyl sites for hydroxylation is 1. The minimum Gasteiger partial charge on any atom is -0.496 e. The average molecular weight is 566 g/mol. The lowest BCUT2D eigenvalue weighted by Gasteiger charge is -2.25. The molecule has 3 heterocycles. The molecule has 184 valence electrons. The fourth-order valence-electron chi connectivity index (χ4n) is 4.59. The number of allylic oxidation sites excluding steroid dienone is 1. The summed E-state index contributed by atoms with van der Waals surface area (Å²) in [6.07, 6.45) is 3.91. The topological polar surface area (TPSA) is 74.8 Å². The molecule has 0 spiro atoms. The number of methoxy groups -OCH3 is 1. The fourth-order valence-corrected chi connectivity index (χ4v) is 6.18. The molecule has 0 bridgehead atoms. The highest BCUT2D eigenvalue weighted by atomic mass is 79.9. The van der Waals surface area contributed by atoms with Crippen molar-refractivity contribution < 1.29 is 14.3 Å². The number of carbonyl (C=O) groups excluding carboxylic acids is 1. The van der Waals surface area contributed by atoms with E-state index in [0.717, 1.165) is 26.5 Å². The van der Waals surface area contributed by atoms with Gasteiger partial charge in [-0.25, -0.2) is 9.79 Å². The third-order valence-corrected chi connectivity index (χ3v) is 7.83. The lowest BCUT2D eigenvalue weighted by atomic mass is 9.96. The van der Waals surface area contributed by atoms with Gasteiger partial charge in [0.25, 0.3) is 5.56 Å². The number of ether oxygens (including phenoxy) is 2. The Balaban J connectivity index is 1.75. The summed E-state index contributed by atoms with van der Waals surface area (Å²) >= 11 is 4.85. The van der Waals surface area contributed by atoms with Crippen molar-refractivity contribution in [2.45, 2.75) is 19.9 Å². The van der Waals surface area contributed by atoms with Crippen molar-refractivity contribution in [2.75, 3.05) is 13.7 Å². The lowest BCUT2D eigenvalue weighted by Crippen LogP contribution is -2.39. The normalized spacial score (nSPS) is 15.7. The molecule has 0 unspecified atom stereocenters. The molecule has 2 aromatic carbocycles. The van der Waals surface area contributed by atoms with E-state index in [1.165, 1.54) is 11.3 Å². The number of hydrogen-bond donors (Lipinski definition) is 0. The van der Waals surface area contributed by atoms with Gasteiger partial charge in [0, 0.05) is 29.7 Å². The molecular formula is C27H24BrN3O4S. The fraction of sp³-hybridized carbons (Fsp3) is 0.222. The second-order valence-corrected chi connectivity index (χ2v) is 10.3. The van der Waals surface area contributed by atoms with E-state index < -0.39 is 12.0 Å². The number of rotatable bonds is 5. The van der Waals surface area contributed by atoms with E-state index in [9.17, 15) is 9.59 Å². The molecule has 7 nitrogen and oxygen atoms in total. The van der Waals surface area contributed by atoms with E-state index in [4.69, 9.17) is 9.47 Å². The molecule has 1 aliphatic heterocycles. The van der Waals surface area contributed by atoms with E-state index in [1.807, 2.05) is 66.4 Å². The van der Waals surface area contributed by atoms with Crippen LogP contribution in [0, 0.1) is 0 Å². The minimum absolute atomic E-state index is 0.210. The molecule has 0 N–H and O–H groups in total. The third-order valence-electron chi connectivity index (χ3n) is 6.22. The summed E-state index contributed by atoms with van der Waals surface area (Å²) in [5.41, 5.74) is 3.44. The Bertz CT molecular complexity index is 1730. The van der Waals surface area contributed by atoms with E-state index in [1.54, 1.807) is 25.5 Å². The van der Waals surface area contributed by atoms with Crippen LogP contribution in [0.4, 0.5) is 0 Å². The molecular weight excluding hydrogens is 542 g/mol. The summed E-state index contributed by atoms with van der Waals surface area (Å²) in [6, 6.07) is 12.9. The van der Waals surface area contributed by atoms with Crippen molar-refractivity contribution >= 4 is 50.2 Å². The molecule has 4 aromatic rings. The van der Waals surface area contributed by atoms with Crippen LogP contribution in [0.15, 0.2) is 74.2 Å². The molecule has 0 aliphatic carbocycles. The van der Waals surface area contributed by atoms with E-state index in [0.29, 0.717) is 26.4 Å². The van der Waals surface area contributed by atoms with Gasteiger partial charge < -0.3 is 14.0 Å². The SMILES string of the molecule is CCOC(=O)C1=C(C)N=c2s/c(=C/c3cn(C)c4ccccc34)c(=O)n2[C@H]1c1ccc(OC)c(Br)c1. The summed E-state index contributed by atoms with van der Waals surface area (Å²) in [5.74, 6) is 0.166. The van der Waals surface area contributed by atoms with Crippen LogP contribution in [0.1, 0.15) is 31.0 Å². The quantitative estimate of drug-likeness (QED) is 0.342. The summed E-state index contributed by atoms with van der Waals surface area (Å²) in [7, 11) is 3.57. The standard InChI is InChI=1S/C27H24BrN3O4S/c1-5-35-26(33)23-15(2)29-27-31(24(23)16-10-11-21(34-4)19(28)12-16)25(32)22(36-27)13-17-14-30(3)20-9-7-6-8-18(17)20/h6-14,24H,5H2,1-4H3/b22-13+/t24-/m0/s1. The van der Waals surface area contributed by atoms with Crippen molar-refractivity contribution in [3.63, 3.8) is 0 Å². The molecule has 0 saturated carbocycles. The second-order valence-electron chi connectivity index (χ2n) is 8.41. The zero-order valence-corrected chi connectivity index (χ0v) is 22.6. The van der Waals surface area contributed by atoms with E-state index in [-0.39, 0.29) is 12.2 Å². The number of carbonyl (C=O) groups is 1. The van der Waals surface area contributed by atoms with Crippen LogP contribution in [-0.4, -0.2) is 28.8 Å². The molecule has 0 amide bonds. The second kappa shape index (κ2) is 9.55. The zero-order chi connectivity index (χ0) is 25.6. The number of para-hydroxylation sites is 1. The Hall–Kier alpha value is -3.43. The van der Waals surface area contributed by atoms with Gasteiger partial charge in [-0.05, 0) is 59.6 Å². The van der Waals surface area contributed by atoms with Gasteiger partial charge in [0.2, 0.25) is 0 Å². The average Bonchev–Trinajstić information content (AvgIpc) is 3.34. The van der Waals surface area contributed by atoms with Gasteiger partial charge in [0.15, 0.2) is 4.80 Å². The van der Waals surface area contributed by atoms with Gasteiger partial charge in [-0.3, -0.25) is 9.36 Å². The van der Waals surface area contributed by atoms with E-state index in [2.05, 4.69) is 20.9 Å². The highest BCUT2D eigenvalue weighted by Gasteiger charge is 2.33. The first-order chi connectivity index (χ1) is 17.3. The van der Waals surface area contributed by atoms with Crippen molar-refractivity contribution in [1.29, 1.82) is 0 Å². The van der Waals surface area contributed by atoms with Crippen molar-refractivity contribution in [3.8, 4) is 5.75 Å². The summed E-state index contributed by atoms with van der Waals surface area (Å²) in [4.78, 5) is 32.1. The highest BCUT2D eigenvalue weighted by Crippen LogP contribution is 2.35. The maximum Gasteiger partial charge on any atom is 0.338 e. The molecule has 2 aromatic heterocycles. The van der Waals surface area contributed by atoms with Gasteiger partial charge in [-0.1, -0.05) is 35.6 Å². The molecule has 1 aliphatic rings. The molecule has 9 heteroatoms. The van der Waals surface area contributed by atoms with Crippen molar-refractivity contribution in [1.82, 2.24) is 9.13 Å². The first-order valence-electron chi connectivity index (χ1n) is 11.4. The van der Waals surface area contributed by atoms with Crippen molar-refractivity contribution in [3.05, 3.63) is 95.2 Å². The number of esters is 1. The first kappa shape index (κ1) is 24.3. The lowest BCUT2D eigenvalue weighted by molar-refractivity contribution is -0.139. The molecule has 0 saturated heterocycles. The molecule has 5 rings (SSSR count). The molecule has 1 atom stereocenters. The van der Waals surface area contributed by atoms with Gasteiger partial charge in [-0.15, -0.1) is 0 Å². The Morgan fingerprint density at radius 1 is 1.25 bits per heavy atom. The smallest absolute Gasteiger partial charge is 0.338 e.